The molecule has 2 unspecified atom stereocenters. The van der Waals surface area contributed by atoms with E-state index in [1.807, 2.05) is 43.3 Å². The Balaban J connectivity index is 0.000000252. The fourth-order valence-electron chi connectivity index (χ4n) is 2.96. The van der Waals surface area contributed by atoms with E-state index in [1.165, 1.54) is 12.1 Å². The number of amides is 1. The average molecular weight is 432 g/mol. The molecular formula is C23H20Cl2FNO2. The number of hydrogen-bond donors (Lipinski definition) is 1. The number of hydrogen-bond acceptors (Lipinski definition) is 2. The molecule has 0 aromatic heterocycles. The minimum absolute atomic E-state index is 0.0530. The fourth-order valence-corrected chi connectivity index (χ4v) is 3.21. The molecule has 0 spiro atoms. The van der Waals surface area contributed by atoms with Crippen molar-refractivity contribution in [1.29, 1.82) is 0 Å². The van der Waals surface area contributed by atoms with Gasteiger partial charge in [-0.25, -0.2) is 4.39 Å². The predicted octanol–water partition coefficient (Wildman–Crippen LogP) is 6.06. The largest absolute Gasteiger partial charge is 0.361 e. The molecule has 4 rings (SSSR count). The highest BCUT2D eigenvalue weighted by atomic mass is 35.5. The first-order valence-electron chi connectivity index (χ1n) is 9.06. The van der Waals surface area contributed by atoms with Crippen LogP contribution in [0.2, 0.25) is 10.0 Å². The van der Waals surface area contributed by atoms with Crippen molar-refractivity contribution < 1.29 is 13.9 Å². The van der Waals surface area contributed by atoms with Crippen LogP contribution in [0.15, 0.2) is 72.8 Å². The van der Waals surface area contributed by atoms with E-state index in [1.54, 1.807) is 24.3 Å². The Labute approximate surface area is 179 Å². The molecule has 1 amide bonds. The lowest BCUT2D eigenvalue weighted by Gasteiger charge is -2.33. The monoisotopic (exact) mass is 431 g/mol. The van der Waals surface area contributed by atoms with Gasteiger partial charge in [0.2, 0.25) is 5.91 Å². The summed E-state index contributed by atoms with van der Waals surface area (Å²) < 4.78 is 17.8. The van der Waals surface area contributed by atoms with Crippen LogP contribution in [0.5, 0.6) is 0 Å². The lowest BCUT2D eigenvalue weighted by molar-refractivity contribution is -0.137. The first-order valence-corrected chi connectivity index (χ1v) is 9.82. The van der Waals surface area contributed by atoms with Gasteiger partial charge < -0.3 is 10.1 Å². The Morgan fingerprint density at radius 2 is 1.38 bits per heavy atom. The Kier molecular flexibility index (Phi) is 7.26. The second-order valence-corrected chi connectivity index (χ2v) is 7.55. The maximum Gasteiger partial charge on any atom is 0.246 e. The van der Waals surface area contributed by atoms with Gasteiger partial charge in [0.15, 0.2) is 0 Å². The Morgan fingerprint density at radius 1 is 0.862 bits per heavy atom. The van der Waals surface area contributed by atoms with Crippen LogP contribution < -0.4 is 5.32 Å². The number of benzene rings is 3. The van der Waals surface area contributed by atoms with E-state index in [0.29, 0.717) is 10.0 Å². The first kappa shape index (κ1) is 21.3. The second-order valence-electron chi connectivity index (χ2n) is 6.68. The van der Waals surface area contributed by atoms with Crippen LogP contribution in [0.3, 0.4) is 0 Å². The van der Waals surface area contributed by atoms with Crippen LogP contribution in [0, 0.1) is 12.7 Å². The highest BCUT2D eigenvalue weighted by Crippen LogP contribution is 2.35. The van der Waals surface area contributed by atoms with Gasteiger partial charge in [-0.15, -0.1) is 0 Å². The number of halogens is 3. The van der Waals surface area contributed by atoms with Gasteiger partial charge in [-0.2, -0.15) is 0 Å². The summed E-state index contributed by atoms with van der Waals surface area (Å²) >= 11 is 11.8. The molecule has 1 saturated heterocycles. The van der Waals surface area contributed by atoms with Crippen LogP contribution in [-0.2, 0) is 9.53 Å². The maximum absolute atomic E-state index is 12.1. The number of aryl methyl sites for hydroxylation is 1. The summed E-state index contributed by atoms with van der Waals surface area (Å²) in [6.45, 7) is 1.98. The topological polar surface area (TPSA) is 38.3 Å². The number of ether oxygens (including phenoxy) is 1. The molecule has 1 fully saturated rings. The van der Waals surface area contributed by atoms with Crippen molar-refractivity contribution in [1.82, 2.24) is 5.32 Å². The minimum Gasteiger partial charge on any atom is -0.361 e. The van der Waals surface area contributed by atoms with Crippen LogP contribution >= 0.6 is 23.2 Å². The number of carbonyl (C=O) groups is 1. The zero-order valence-corrected chi connectivity index (χ0v) is 17.3. The van der Waals surface area contributed by atoms with Crippen molar-refractivity contribution >= 4 is 29.1 Å². The molecule has 0 radical (unpaired) electrons. The summed E-state index contributed by atoms with van der Waals surface area (Å²) in [5.41, 5.74) is 3.01. The third-order valence-electron chi connectivity index (χ3n) is 4.45. The van der Waals surface area contributed by atoms with E-state index in [0.717, 1.165) is 16.7 Å². The third kappa shape index (κ3) is 6.04. The molecule has 1 aliphatic rings. The smallest absolute Gasteiger partial charge is 0.246 e. The summed E-state index contributed by atoms with van der Waals surface area (Å²) in [6, 6.07) is 21.0. The van der Waals surface area contributed by atoms with Crippen molar-refractivity contribution in [2.45, 2.75) is 19.1 Å². The fraction of sp³-hybridized carbons (Fsp3) is 0.174. The molecule has 2 atom stereocenters. The lowest BCUT2D eigenvalue weighted by atomic mass is 9.94. The second kappa shape index (κ2) is 9.88. The van der Waals surface area contributed by atoms with E-state index < -0.39 is 0 Å². The van der Waals surface area contributed by atoms with Gasteiger partial charge in [0.25, 0.3) is 0 Å². The molecule has 0 saturated carbocycles. The molecule has 1 N–H and O–H groups in total. The van der Waals surface area contributed by atoms with Crippen LogP contribution in [0.4, 0.5) is 4.39 Å². The molecule has 0 bridgehead atoms. The van der Waals surface area contributed by atoms with E-state index in [4.69, 9.17) is 27.9 Å². The Hall–Kier alpha value is -2.40. The summed E-state index contributed by atoms with van der Waals surface area (Å²) in [7, 11) is 0. The van der Waals surface area contributed by atoms with Gasteiger partial charge in [0, 0.05) is 10.0 Å². The van der Waals surface area contributed by atoms with Gasteiger partial charge in [-0.1, -0.05) is 65.2 Å². The van der Waals surface area contributed by atoms with Gasteiger partial charge in [0.05, 0.1) is 6.04 Å². The highest BCUT2D eigenvalue weighted by Gasteiger charge is 2.31. The number of nitrogens with one attached hydrogen (secondary N) is 1. The van der Waals surface area contributed by atoms with E-state index in [2.05, 4.69) is 5.32 Å². The maximum atomic E-state index is 12.1. The predicted molar refractivity (Wildman–Crippen MR) is 114 cm³/mol. The number of carbonyl (C=O) groups excluding carboxylic acids is 1. The lowest BCUT2D eigenvalue weighted by Crippen LogP contribution is -2.41. The van der Waals surface area contributed by atoms with Gasteiger partial charge >= 0.3 is 0 Å². The Morgan fingerprint density at radius 3 is 1.90 bits per heavy atom. The first-order chi connectivity index (χ1) is 13.9. The molecular weight excluding hydrogens is 412 g/mol. The van der Waals surface area contributed by atoms with E-state index >= 15 is 0 Å². The molecule has 3 nitrogen and oxygen atoms in total. The molecule has 6 heteroatoms. The minimum atomic E-state index is -0.249. The zero-order chi connectivity index (χ0) is 20.8. The highest BCUT2D eigenvalue weighted by molar-refractivity contribution is 6.30. The van der Waals surface area contributed by atoms with Crippen molar-refractivity contribution in [3.63, 3.8) is 0 Å². The van der Waals surface area contributed by atoms with Crippen molar-refractivity contribution in [2.75, 3.05) is 6.61 Å². The van der Waals surface area contributed by atoms with Crippen LogP contribution in [-0.4, -0.2) is 12.5 Å². The average Bonchev–Trinajstić information content (AvgIpc) is 2.72. The third-order valence-corrected chi connectivity index (χ3v) is 4.96. The zero-order valence-electron chi connectivity index (χ0n) is 15.7. The SMILES string of the molecule is Cc1ccc(F)cc1.O=C1COC(c2ccc(Cl)cc2)C(c2ccc(Cl)cc2)N1. The van der Waals surface area contributed by atoms with Gasteiger partial charge in [0.1, 0.15) is 18.5 Å². The van der Waals surface area contributed by atoms with Crippen LogP contribution in [0.25, 0.3) is 0 Å². The normalized spacial score (nSPS) is 18.4. The Bertz CT molecular complexity index is 923. The van der Waals surface area contributed by atoms with Crippen LogP contribution in [0.1, 0.15) is 28.8 Å². The van der Waals surface area contributed by atoms with Crippen molar-refractivity contribution in [3.05, 3.63) is 105 Å². The summed E-state index contributed by atoms with van der Waals surface area (Å²) in [5.74, 6) is -0.296. The molecule has 3 aromatic carbocycles. The van der Waals surface area contributed by atoms with E-state index in [9.17, 15) is 9.18 Å². The van der Waals surface area contributed by atoms with Crippen molar-refractivity contribution in [2.24, 2.45) is 0 Å². The molecule has 1 aliphatic heterocycles. The summed E-state index contributed by atoms with van der Waals surface area (Å²) in [5, 5.41) is 4.30. The molecule has 150 valence electrons. The molecule has 0 aliphatic carbocycles. The van der Waals surface area contributed by atoms with Crippen molar-refractivity contribution in [3.8, 4) is 0 Å². The molecule has 3 aromatic rings. The summed E-state index contributed by atoms with van der Waals surface area (Å²) in [4.78, 5) is 11.7. The van der Waals surface area contributed by atoms with E-state index in [-0.39, 0.29) is 30.5 Å². The summed E-state index contributed by atoms with van der Waals surface area (Å²) in [6.07, 6.45) is -0.249. The van der Waals surface area contributed by atoms with Gasteiger partial charge in [-0.3, -0.25) is 4.79 Å². The van der Waals surface area contributed by atoms with Gasteiger partial charge in [-0.05, 0) is 54.4 Å². The quantitative estimate of drug-likeness (QED) is 0.535. The molecule has 1 heterocycles. The number of rotatable bonds is 2. The molecule has 29 heavy (non-hydrogen) atoms. The number of morpholine rings is 1. The standard InChI is InChI=1S/C16H13Cl2NO2.C7H7F/c17-12-5-1-10(2-6-12)15-16(21-9-14(20)19-15)11-3-7-13(18)8-4-11;1-6-2-4-7(8)5-3-6/h1-8,15-16H,9H2,(H,19,20);2-5H,1H3.